The summed E-state index contributed by atoms with van der Waals surface area (Å²) in [6.07, 6.45) is 0.0683. The number of phenolic OH excluding ortho intramolecular Hbond substituents is 1. The Morgan fingerprint density at radius 1 is 0.750 bits per heavy atom. The van der Waals surface area contributed by atoms with Crippen LogP contribution in [0.15, 0.2) is 115 Å². The van der Waals surface area contributed by atoms with Crippen LogP contribution in [0.2, 0.25) is 0 Å². The zero-order valence-corrected chi connectivity index (χ0v) is 22.2. The third-order valence-electron chi connectivity index (χ3n) is 6.30. The van der Waals surface area contributed by atoms with E-state index in [1.54, 1.807) is 24.3 Å². The Labute approximate surface area is 234 Å². The van der Waals surface area contributed by atoms with E-state index in [-0.39, 0.29) is 30.7 Å². The van der Waals surface area contributed by atoms with Crippen LogP contribution in [0.1, 0.15) is 27.9 Å². The molecule has 2 N–H and O–H groups in total. The predicted molar refractivity (Wildman–Crippen MR) is 151 cm³/mol. The predicted octanol–water partition coefficient (Wildman–Crippen LogP) is 5.55. The lowest BCUT2D eigenvalue weighted by molar-refractivity contribution is -0.192. The fourth-order valence-corrected chi connectivity index (χ4v) is 4.18. The molecule has 1 aliphatic heterocycles. The highest BCUT2D eigenvalue weighted by Crippen LogP contribution is 2.23. The molecule has 1 heterocycles. The molecule has 1 saturated heterocycles. The quantitative estimate of drug-likeness (QED) is 0.212. The van der Waals surface area contributed by atoms with E-state index in [1.165, 1.54) is 24.3 Å². The fourth-order valence-electron chi connectivity index (χ4n) is 4.18. The topological polar surface area (TPSA) is 94.5 Å². The smallest absolute Gasteiger partial charge is 0.343 e. The van der Waals surface area contributed by atoms with Gasteiger partial charge in [0.25, 0.3) is 0 Å². The van der Waals surface area contributed by atoms with Crippen molar-refractivity contribution in [3.63, 3.8) is 0 Å². The van der Waals surface area contributed by atoms with Crippen LogP contribution in [0.5, 0.6) is 11.5 Å². The van der Waals surface area contributed by atoms with Crippen molar-refractivity contribution < 1.29 is 34.0 Å². The second kappa shape index (κ2) is 15.5. The van der Waals surface area contributed by atoms with E-state index in [0.717, 1.165) is 17.5 Å². The van der Waals surface area contributed by atoms with Crippen molar-refractivity contribution in [3.05, 3.63) is 132 Å². The van der Waals surface area contributed by atoms with E-state index in [2.05, 4.69) is 0 Å². The maximum absolute atomic E-state index is 11.6. The highest BCUT2D eigenvalue weighted by atomic mass is 16.6. The zero-order chi connectivity index (χ0) is 28.0. The van der Waals surface area contributed by atoms with Gasteiger partial charge in [0, 0.05) is 6.61 Å². The first-order valence-corrected chi connectivity index (χ1v) is 13.2. The summed E-state index contributed by atoms with van der Waals surface area (Å²) in [5, 5.41) is 18.7. The van der Waals surface area contributed by atoms with Crippen LogP contribution in [-0.4, -0.2) is 47.7 Å². The van der Waals surface area contributed by atoms with Gasteiger partial charge in [-0.2, -0.15) is 0 Å². The van der Waals surface area contributed by atoms with Gasteiger partial charge in [0.15, 0.2) is 0 Å². The van der Waals surface area contributed by atoms with Crippen LogP contribution < -0.4 is 4.74 Å². The Morgan fingerprint density at radius 3 is 1.88 bits per heavy atom. The van der Waals surface area contributed by atoms with Gasteiger partial charge in [0.1, 0.15) is 23.7 Å². The maximum atomic E-state index is 11.6. The number of hydrogen-bond acceptors (Lipinski definition) is 7. The highest BCUT2D eigenvalue weighted by molar-refractivity contribution is 5.90. The molecule has 0 saturated carbocycles. The number of aromatic hydroxyl groups is 1. The molecule has 4 aromatic rings. The number of carbonyl (C=O) groups excluding carboxylic acids is 1. The fraction of sp³-hybridized carbons (Fsp3) is 0.242. The van der Waals surface area contributed by atoms with Gasteiger partial charge in [-0.25, -0.2) is 4.79 Å². The van der Waals surface area contributed by atoms with E-state index in [9.17, 15) is 9.90 Å². The van der Waals surface area contributed by atoms with Gasteiger partial charge in [0.2, 0.25) is 0 Å². The molecule has 3 atom stereocenters. The Kier molecular flexibility index (Phi) is 11.3. The normalized spacial score (nSPS) is 18.3. The summed E-state index contributed by atoms with van der Waals surface area (Å²) in [6.45, 7) is 1.53. The Hall–Kier alpha value is -4.01. The molecule has 0 bridgehead atoms. The SMILES string of the molecule is O=C(Oc1ccc(O)cc1)c1ccccc1.OCC1OCCC(OCc2ccccc2)C1OCc1ccccc1. The maximum Gasteiger partial charge on any atom is 0.343 e. The Morgan fingerprint density at radius 2 is 1.30 bits per heavy atom. The van der Waals surface area contributed by atoms with Crippen LogP contribution in [0.25, 0.3) is 0 Å². The molecule has 3 unspecified atom stereocenters. The summed E-state index contributed by atoms with van der Waals surface area (Å²) in [4.78, 5) is 11.6. The molecular formula is C33H34O7. The first-order chi connectivity index (χ1) is 19.6. The van der Waals surface area contributed by atoms with Crippen molar-refractivity contribution >= 4 is 5.97 Å². The van der Waals surface area contributed by atoms with Gasteiger partial charge < -0.3 is 29.2 Å². The average molecular weight is 543 g/mol. The van der Waals surface area contributed by atoms with Gasteiger partial charge in [-0.1, -0.05) is 78.9 Å². The zero-order valence-electron chi connectivity index (χ0n) is 22.2. The molecule has 0 aliphatic carbocycles. The summed E-state index contributed by atoms with van der Waals surface area (Å²) >= 11 is 0. The summed E-state index contributed by atoms with van der Waals surface area (Å²) in [6, 6.07) is 34.8. The van der Waals surface area contributed by atoms with E-state index >= 15 is 0 Å². The molecule has 0 spiro atoms. The lowest BCUT2D eigenvalue weighted by Crippen LogP contribution is -2.49. The molecule has 0 radical (unpaired) electrons. The lowest BCUT2D eigenvalue weighted by atomic mass is 10.0. The van der Waals surface area contributed by atoms with E-state index < -0.39 is 5.97 Å². The standard InChI is InChI=1S/C20H24O4.C13H10O3/c21-13-19-20(24-15-17-9-5-2-6-10-17)18(11-12-22-19)23-14-16-7-3-1-4-8-16;14-11-6-8-12(9-7-11)16-13(15)10-4-2-1-3-5-10/h1-10,18-21H,11-15H2;1-9,14H. The molecule has 1 fully saturated rings. The van der Waals surface area contributed by atoms with Crippen molar-refractivity contribution in [3.8, 4) is 11.5 Å². The molecule has 7 nitrogen and oxygen atoms in total. The third-order valence-corrected chi connectivity index (χ3v) is 6.30. The minimum atomic E-state index is -0.411. The van der Waals surface area contributed by atoms with Crippen LogP contribution >= 0.6 is 0 Å². The minimum Gasteiger partial charge on any atom is -0.508 e. The largest absolute Gasteiger partial charge is 0.508 e. The molecular weight excluding hydrogens is 508 g/mol. The number of hydrogen-bond donors (Lipinski definition) is 2. The highest BCUT2D eigenvalue weighted by Gasteiger charge is 2.35. The second-order valence-corrected chi connectivity index (χ2v) is 9.23. The Balaban J connectivity index is 0.000000201. The first kappa shape index (κ1) is 29.0. The van der Waals surface area contributed by atoms with Gasteiger partial charge in [-0.05, 0) is 53.9 Å². The minimum absolute atomic E-state index is 0.0648. The number of benzene rings is 4. The number of rotatable bonds is 9. The number of carbonyl (C=O) groups is 1. The van der Waals surface area contributed by atoms with Gasteiger partial charge in [-0.3, -0.25) is 0 Å². The third kappa shape index (κ3) is 9.03. The molecule has 40 heavy (non-hydrogen) atoms. The van der Waals surface area contributed by atoms with Crippen molar-refractivity contribution in [1.82, 2.24) is 0 Å². The van der Waals surface area contributed by atoms with Crippen LogP contribution in [0.4, 0.5) is 0 Å². The Bertz CT molecular complexity index is 1260. The summed E-state index contributed by atoms with van der Waals surface area (Å²) in [5.41, 5.74) is 2.73. The second-order valence-electron chi connectivity index (χ2n) is 9.23. The van der Waals surface area contributed by atoms with Crippen LogP contribution in [-0.2, 0) is 27.4 Å². The number of phenols is 1. The lowest BCUT2D eigenvalue weighted by Gasteiger charge is -2.37. The molecule has 1 aliphatic rings. The number of ether oxygens (including phenoxy) is 4. The van der Waals surface area contributed by atoms with E-state index in [1.807, 2.05) is 66.7 Å². The van der Waals surface area contributed by atoms with Crippen molar-refractivity contribution in [2.24, 2.45) is 0 Å². The van der Waals surface area contributed by atoms with Crippen molar-refractivity contribution in [1.29, 1.82) is 0 Å². The number of esters is 1. The molecule has 0 aromatic heterocycles. The van der Waals surface area contributed by atoms with E-state index in [4.69, 9.17) is 24.1 Å². The average Bonchev–Trinajstić information content (AvgIpc) is 3.02. The molecule has 208 valence electrons. The summed E-state index contributed by atoms with van der Waals surface area (Å²) in [5.74, 6) is 0.137. The molecule has 4 aromatic carbocycles. The van der Waals surface area contributed by atoms with E-state index in [0.29, 0.717) is 31.1 Å². The molecule has 7 heteroatoms. The van der Waals surface area contributed by atoms with Gasteiger partial charge in [0.05, 0.1) is 31.5 Å². The molecule has 0 amide bonds. The number of aliphatic hydroxyl groups excluding tert-OH is 1. The van der Waals surface area contributed by atoms with Crippen molar-refractivity contribution in [2.75, 3.05) is 13.2 Å². The molecule has 5 rings (SSSR count). The first-order valence-electron chi connectivity index (χ1n) is 13.2. The van der Waals surface area contributed by atoms with Crippen LogP contribution in [0.3, 0.4) is 0 Å². The van der Waals surface area contributed by atoms with Crippen LogP contribution in [0, 0.1) is 0 Å². The van der Waals surface area contributed by atoms with Gasteiger partial charge >= 0.3 is 5.97 Å². The summed E-state index contributed by atoms with van der Waals surface area (Å²) < 4.78 is 22.9. The monoisotopic (exact) mass is 542 g/mol. The van der Waals surface area contributed by atoms with Gasteiger partial charge in [-0.15, -0.1) is 0 Å². The summed E-state index contributed by atoms with van der Waals surface area (Å²) in [7, 11) is 0. The van der Waals surface area contributed by atoms with Crippen molar-refractivity contribution in [2.45, 2.75) is 37.9 Å². The number of aliphatic hydroxyl groups is 1.